The number of hydrogen-bond donors (Lipinski definition) is 0. The molecule has 0 fully saturated rings. The van der Waals surface area contributed by atoms with E-state index in [1.54, 1.807) is 18.0 Å². The van der Waals surface area contributed by atoms with Crippen LogP contribution in [-0.4, -0.2) is 17.8 Å². The minimum atomic E-state index is 0.668. The maximum atomic E-state index is 5.67. The van der Waals surface area contributed by atoms with Crippen LogP contribution in [0.4, 0.5) is 0 Å². The molecule has 94 valence electrons. The smallest absolute Gasteiger partial charge is 0.137 e. The highest BCUT2D eigenvalue weighted by Gasteiger charge is 2.01. The molecule has 2 rings (SSSR count). The molecule has 0 bridgehead atoms. The Balaban J connectivity index is 1.90. The molecule has 2 nitrogen and oxygen atoms in total. The van der Waals surface area contributed by atoms with Crippen LogP contribution in [0.5, 0.6) is 5.75 Å². The van der Waals surface area contributed by atoms with Crippen LogP contribution in [-0.2, 0) is 6.42 Å². The summed E-state index contributed by atoms with van der Waals surface area (Å²) in [7, 11) is 0. The second-order valence-electron chi connectivity index (χ2n) is 3.73. The summed E-state index contributed by atoms with van der Waals surface area (Å²) in [6.07, 6.45) is 4.73. The molecule has 0 aliphatic rings. The fraction of sp³-hybridized carbons (Fsp3) is 0.214. The second-order valence-corrected chi connectivity index (χ2v) is 5.39. The van der Waals surface area contributed by atoms with Crippen molar-refractivity contribution in [1.82, 2.24) is 4.98 Å². The van der Waals surface area contributed by atoms with Crippen LogP contribution in [0.3, 0.4) is 0 Å². The molecule has 0 atom stereocenters. The average Bonchev–Trinajstić information content (AvgIpc) is 2.41. The maximum Gasteiger partial charge on any atom is 0.137 e. The Labute approximate surface area is 120 Å². The van der Waals surface area contributed by atoms with Crippen molar-refractivity contribution in [3.63, 3.8) is 0 Å². The number of pyridine rings is 1. The second kappa shape index (κ2) is 6.81. The van der Waals surface area contributed by atoms with Crippen LogP contribution in [0.15, 0.2) is 52.1 Å². The first kappa shape index (κ1) is 13.4. The standard InChI is InChI=1S/C14H14BrNOS/c1-18-13-5-3-2-4-11(13)8-9-17-12-6-7-14(15)16-10-12/h2-7,10H,8-9H2,1H3. The van der Waals surface area contributed by atoms with E-state index >= 15 is 0 Å². The lowest BCUT2D eigenvalue weighted by Gasteiger charge is -2.08. The van der Waals surface area contributed by atoms with Crippen molar-refractivity contribution in [2.75, 3.05) is 12.9 Å². The summed E-state index contributed by atoms with van der Waals surface area (Å²) >= 11 is 5.07. The Kier molecular flexibility index (Phi) is 5.08. The first-order valence-electron chi connectivity index (χ1n) is 5.66. The number of benzene rings is 1. The fourth-order valence-electron chi connectivity index (χ4n) is 1.64. The minimum absolute atomic E-state index is 0.668. The molecule has 18 heavy (non-hydrogen) atoms. The molecule has 0 aliphatic carbocycles. The van der Waals surface area contributed by atoms with Gasteiger partial charge in [-0.3, -0.25) is 0 Å². The molecule has 0 aliphatic heterocycles. The van der Waals surface area contributed by atoms with Crippen LogP contribution >= 0.6 is 27.7 Å². The number of thioether (sulfide) groups is 1. The van der Waals surface area contributed by atoms with Crippen molar-refractivity contribution >= 4 is 27.7 Å². The molecule has 0 saturated heterocycles. The number of nitrogens with zero attached hydrogens (tertiary/aromatic N) is 1. The number of rotatable bonds is 5. The van der Waals surface area contributed by atoms with Crippen LogP contribution in [0, 0.1) is 0 Å². The Morgan fingerprint density at radius 2 is 2.06 bits per heavy atom. The highest BCUT2D eigenvalue weighted by atomic mass is 79.9. The van der Waals surface area contributed by atoms with Crippen molar-refractivity contribution in [2.24, 2.45) is 0 Å². The third-order valence-electron chi connectivity index (χ3n) is 2.53. The molecule has 0 unspecified atom stereocenters. The lowest BCUT2D eigenvalue weighted by atomic mass is 10.2. The van der Waals surface area contributed by atoms with Crippen molar-refractivity contribution < 1.29 is 4.74 Å². The van der Waals surface area contributed by atoms with E-state index in [0.29, 0.717) is 6.61 Å². The summed E-state index contributed by atoms with van der Waals surface area (Å²) in [4.78, 5) is 5.44. The number of aromatic nitrogens is 1. The summed E-state index contributed by atoms with van der Waals surface area (Å²) < 4.78 is 6.49. The monoisotopic (exact) mass is 323 g/mol. The number of hydrogen-bond acceptors (Lipinski definition) is 3. The maximum absolute atomic E-state index is 5.67. The Bertz CT molecular complexity index is 501. The lowest BCUT2D eigenvalue weighted by molar-refractivity contribution is 0.320. The molecule has 1 aromatic carbocycles. The Morgan fingerprint density at radius 3 is 2.78 bits per heavy atom. The quantitative estimate of drug-likeness (QED) is 0.608. The first-order chi connectivity index (χ1) is 8.79. The van der Waals surface area contributed by atoms with E-state index in [9.17, 15) is 0 Å². The van der Waals surface area contributed by atoms with Crippen LogP contribution < -0.4 is 4.74 Å². The number of ether oxygens (including phenoxy) is 1. The molecule has 1 aromatic heterocycles. The average molecular weight is 324 g/mol. The highest BCUT2D eigenvalue weighted by Crippen LogP contribution is 2.20. The minimum Gasteiger partial charge on any atom is -0.492 e. The van der Waals surface area contributed by atoms with Gasteiger partial charge in [0.2, 0.25) is 0 Å². The van der Waals surface area contributed by atoms with Crippen molar-refractivity contribution in [1.29, 1.82) is 0 Å². The van der Waals surface area contributed by atoms with Gasteiger partial charge in [-0.1, -0.05) is 18.2 Å². The zero-order chi connectivity index (χ0) is 12.8. The van der Waals surface area contributed by atoms with E-state index in [1.807, 2.05) is 12.1 Å². The third kappa shape index (κ3) is 3.75. The summed E-state index contributed by atoms with van der Waals surface area (Å²) in [6.45, 7) is 0.668. The van der Waals surface area contributed by atoms with Gasteiger partial charge in [-0.25, -0.2) is 4.98 Å². The highest BCUT2D eigenvalue weighted by molar-refractivity contribution is 9.10. The summed E-state index contributed by atoms with van der Waals surface area (Å²) in [5.41, 5.74) is 1.33. The van der Waals surface area contributed by atoms with E-state index < -0.39 is 0 Å². The predicted octanol–water partition coefficient (Wildman–Crippen LogP) is 4.19. The molecule has 0 amide bonds. The normalized spacial score (nSPS) is 10.3. The summed E-state index contributed by atoms with van der Waals surface area (Å²) in [5.74, 6) is 0.805. The molecule has 2 aromatic rings. The molecular formula is C14H14BrNOS. The molecule has 0 spiro atoms. The molecule has 4 heteroatoms. The van der Waals surface area contributed by atoms with Gasteiger partial charge in [-0.2, -0.15) is 0 Å². The van der Waals surface area contributed by atoms with Gasteiger partial charge in [0.15, 0.2) is 0 Å². The molecule has 0 radical (unpaired) electrons. The molecule has 0 N–H and O–H groups in total. The molecule has 1 heterocycles. The molecular weight excluding hydrogens is 310 g/mol. The van der Waals surface area contributed by atoms with Crippen molar-refractivity contribution in [3.05, 3.63) is 52.8 Å². The third-order valence-corrected chi connectivity index (χ3v) is 3.84. The van der Waals surface area contributed by atoms with E-state index in [1.165, 1.54) is 10.5 Å². The van der Waals surface area contributed by atoms with E-state index in [4.69, 9.17) is 4.74 Å². The van der Waals surface area contributed by atoms with Crippen molar-refractivity contribution in [2.45, 2.75) is 11.3 Å². The van der Waals surface area contributed by atoms with E-state index in [-0.39, 0.29) is 0 Å². The van der Waals surface area contributed by atoms with Gasteiger partial charge in [-0.05, 0) is 45.9 Å². The SMILES string of the molecule is CSc1ccccc1CCOc1ccc(Br)nc1. The number of halogens is 1. The van der Waals surface area contributed by atoms with Gasteiger partial charge in [0.1, 0.15) is 10.4 Å². The van der Waals surface area contributed by atoms with Crippen LogP contribution in [0.1, 0.15) is 5.56 Å². The van der Waals surface area contributed by atoms with Gasteiger partial charge in [0.25, 0.3) is 0 Å². The zero-order valence-electron chi connectivity index (χ0n) is 10.1. The van der Waals surface area contributed by atoms with Crippen LogP contribution in [0.25, 0.3) is 0 Å². The zero-order valence-corrected chi connectivity index (χ0v) is 12.5. The Hall–Kier alpha value is -1.000. The molecule has 0 saturated carbocycles. The van der Waals surface area contributed by atoms with E-state index in [0.717, 1.165) is 16.8 Å². The van der Waals surface area contributed by atoms with Gasteiger partial charge < -0.3 is 4.74 Å². The largest absolute Gasteiger partial charge is 0.492 e. The fourth-order valence-corrected chi connectivity index (χ4v) is 2.52. The van der Waals surface area contributed by atoms with Gasteiger partial charge in [-0.15, -0.1) is 11.8 Å². The summed E-state index contributed by atoms with van der Waals surface area (Å²) in [5, 5.41) is 0. The topological polar surface area (TPSA) is 22.1 Å². The van der Waals surface area contributed by atoms with Gasteiger partial charge in [0, 0.05) is 11.3 Å². The van der Waals surface area contributed by atoms with E-state index in [2.05, 4.69) is 51.4 Å². The predicted molar refractivity (Wildman–Crippen MR) is 79.4 cm³/mol. The van der Waals surface area contributed by atoms with Crippen molar-refractivity contribution in [3.8, 4) is 5.75 Å². The summed E-state index contributed by atoms with van der Waals surface area (Å²) in [6, 6.07) is 12.2. The Morgan fingerprint density at radius 1 is 1.22 bits per heavy atom. The van der Waals surface area contributed by atoms with Crippen LogP contribution in [0.2, 0.25) is 0 Å². The first-order valence-corrected chi connectivity index (χ1v) is 7.67. The van der Waals surface area contributed by atoms with Gasteiger partial charge >= 0.3 is 0 Å². The lowest BCUT2D eigenvalue weighted by Crippen LogP contribution is -2.02. The van der Waals surface area contributed by atoms with Gasteiger partial charge in [0.05, 0.1) is 12.8 Å².